The van der Waals surface area contributed by atoms with Gasteiger partial charge >= 0.3 is 0 Å². The molecule has 4 rings (SSSR count). The summed E-state index contributed by atoms with van der Waals surface area (Å²) in [6, 6.07) is 27.3. The van der Waals surface area contributed by atoms with Crippen molar-refractivity contribution < 1.29 is 18.0 Å². The van der Waals surface area contributed by atoms with E-state index in [-0.39, 0.29) is 23.8 Å². The predicted molar refractivity (Wildman–Crippen MR) is 179 cm³/mol. The van der Waals surface area contributed by atoms with Crippen LogP contribution in [-0.4, -0.2) is 44.3 Å². The predicted octanol–water partition coefficient (Wildman–Crippen LogP) is 6.69. The Morgan fingerprint density at radius 1 is 0.886 bits per heavy atom. The van der Waals surface area contributed by atoms with Gasteiger partial charge in [-0.2, -0.15) is 0 Å². The molecule has 0 aliphatic rings. The molecule has 0 aliphatic carbocycles. The molecule has 0 spiro atoms. The number of amides is 2. The normalized spacial score (nSPS) is 11.9. The second-order valence-electron chi connectivity index (χ2n) is 10.5. The minimum atomic E-state index is -4.19. The summed E-state index contributed by atoms with van der Waals surface area (Å²) in [4.78, 5) is 29.6. The molecule has 0 saturated heterocycles. The van der Waals surface area contributed by atoms with E-state index in [1.807, 2.05) is 68.4 Å². The zero-order chi connectivity index (χ0) is 31.9. The van der Waals surface area contributed by atoms with E-state index < -0.39 is 28.5 Å². The molecule has 230 valence electrons. The summed E-state index contributed by atoms with van der Waals surface area (Å²) >= 11 is 9.67. The topological polar surface area (TPSA) is 86.8 Å². The summed E-state index contributed by atoms with van der Waals surface area (Å²) in [5, 5.41) is 3.32. The molecule has 0 saturated carbocycles. The second-order valence-corrected chi connectivity index (χ2v) is 13.7. The second kappa shape index (κ2) is 14.9. The van der Waals surface area contributed by atoms with Crippen LogP contribution in [0, 0.1) is 13.8 Å². The number of likely N-dealkylation sites (N-methyl/N-ethyl adjacent to an activating group) is 1. The number of nitrogens with one attached hydrogen (secondary N) is 1. The average molecular weight is 697 g/mol. The fourth-order valence-corrected chi connectivity index (χ4v) is 6.85. The molecule has 0 heterocycles. The maximum atomic E-state index is 14.5. The fraction of sp³-hybridized carbons (Fsp3) is 0.235. The van der Waals surface area contributed by atoms with Crippen LogP contribution in [0.25, 0.3) is 0 Å². The van der Waals surface area contributed by atoms with Crippen LogP contribution in [0.15, 0.2) is 106 Å². The lowest BCUT2D eigenvalue weighted by Gasteiger charge is -2.34. The first-order chi connectivity index (χ1) is 21.0. The molecule has 10 heteroatoms. The Hall–Kier alpha value is -3.66. The number of aryl methyl sites for hydroxylation is 2. The molecule has 1 atom stereocenters. The van der Waals surface area contributed by atoms with E-state index in [1.165, 1.54) is 17.0 Å². The Morgan fingerprint density at radius 3 is 2.16 bits per heavy atom. The van der Waals surface area contributed by atoms with Crippen LogP contribution in [0.2, 0.25) is 5.02 Å². The van der Waals surface area contributed by atoms with E-state index >= 15 is 0 Å². The van der Waals surface area contributed by atoms with Crippen LogP contribution in [0.5, 0.6) is 0 Å². The zero-order valence-electron chi connectivity index (χ0n) is 24.8. The lowest BCUT2D eigenvalue weighted by Crippen LogP contribution is -2.53. The number of sulfonamides is 1. The van der Waals surface area contributed by atoms with Crippen molar-refractivity contribution in [3.63, 3.8) is 0 Å². The van der Waals surface area contributed by atoms with Gasteiger partial charge in [-0.3, -0.25) is 13.9 Å². The Labute approximate surface area is 273 Å². The summed E-state index contributed by atoms with van der Waals surface area (Å²) < 4.78 is 30.3. The van der Waals surface area contributed by atoms with Gasteiger partial charge in [-0.25, -0.2) is 8.42 Å². The maximum Gasteiger partial charge on any atom is 0.264 e. The molecule has 1 N–H and O–H groups in total. The van der Waals surface area contributed by atoms with Gasteiger partial charge in [0.2, 0.25) is 11.8 Å². The molecule has 4 aromatic rings. The molecule has 0 fully saturated rings. The number of hydrogen-bond acceptors (Lipinski definition) is 4. The largest absolute Gasteiger partial charge is 0.355 e. The first-order valence-electron chi connectivity index (χ1n) is 14.2. The van der Waals surface area contributed by atoms with Crippen LogP contribution < -0.4 is 9.62 Å². The first kappa shape index (κ1) is 33.2. The van der Waals surface area contributed by atoms with Gasteiger partial charge < -0.3 is 10.2 Å². The van der Waals surface area contributed by atoms with Crippen molar-refractivity contribution in [2.24, 2.45) is 0 Å². The number of nitrogens with zero attached hydrogens (tertiary/aromatic N) is 2. The number of carbonyl (C=O) groups is 2. The smallest absolute Gasteiger partial charge is 0.264 e. The third-order valence-corrected chi connectivity index (χ3v) is 9.74. The molecule has 44 heavy (non-hydrogen) atoms. The van der Waals surface area contributed by atoms with Gasteiger partial charge in [0, 0.05) is 29.0 Å². The van der Waals surface area contributed by atoms with Crippen LogP contribution >= 0.6 is 27.5 Å². The fourth-order valence-electron chi connectivity index (χ4n) is 4.88. The molecule has 0 bridgehead atoms. The summed E-state index contributed by atoms with van der Waals surface area (Å²) in [6.07, 6.45) is 0.250. The monoisotopic (exact) mass is 695 g/mol. The summed E-state index contributed by atoms with van der Waals surface area (Å²) in [5.41, 5.74) is 3.48. The molecular weight excluding hydrogens is 662 g/mol. The van der Waals surface area contributed by atoms with E-state index in [1.54, 1.807) is 37.3 Å². The molecule has 0 unspecified atom stereocenters. The molecule has 2 amide bonds. The van der Waals surface area contributed by atoms with Gasteiger partial charge in [-0.05, 0) is 79.9 Å². The number of benzene rings is 4. The van der Waals surface area contributed by atoms with E-state index in [4.69, 9.17) is 11.6 Å². The highest BCUT2D eigenvalue weighted by Gasteiger charge is 2.35. The Morgan fingerprint density at radius 2 is 1.55 bits per heavy atom. The number of rotatable bonds is 12. The average Bonchev–Trinajstić information content (AvgIpc) is 2.99. The van der Waals surface area contributed by atoms with Gasteiger partial charge in [-0.1, -0.05) is 87.7 Å². The summed E-state index contributed by atoms with van der Waals surface area (Å²) in [6.45, 7) is 5.38. The minimum Gasteiger partial charge on any atom is -0.355 e. The third kappa shape index (κ3) is 8.28. The number of carbonyl (C=O) groups excluding carboxylic acids is 2. The molecule has 0 aliphatic heterocycles. The van der Waals surface area contributed by atoms with Crippen molar-refractivity contribution >= 4 is 55.1 Å². The standard InChI is InChI=1S/C34H35BrClN3O4S/c1-4-37-34(41)32(21-26-8-6-5-7-9-26)38(22-27-12-14-28(35)15-13-27)33(40)23-39(31-19-16-29(36)20-25(31)3)44(42,43)30-17-10-24(2)11-18-30/h5-20,32H,4,21-23H2,1-3H3,(H,37,41)/t32-/m1/s1. The SMILES string of the molecule is CCNC(=O)[C@@H](Cc1ccccc1)N(Cc1ccc(Br)cc1)C(=O)CN(c1ccc(Cl)cc1C)S(=O)(=O)c1ccc(C)cc1. The molecule has 0 aromatic heterocycles. The summed E-state index contributed by atoms with van der Waals surface area (Å²) in [5.74, 6) is -0.845. The molecule has 7 nitrogen and oxygen atoms in total. The molecular formula is C34H35BrClN3O4S. The molecule has 0 radical (unpaired) electrons. The van der Waals surface area contributed by atoms with Crippen LogP contribution in [0.1, 0.15) is 29.2 Å². The maximum absolute atomic E-state index is 14.5. The zero-order valence-corrected chi connectivity index (χ0v) is 28.0. The highest BCUT2D eigenvalue weighted by Crippen LogP contribution is 2.30. The van der Waals surface area contributed by atoms with Crippen molar-refractivity contribution in [3.05, 3.63) is 129 Å². The first-order valence-corrected chi connectivity index (χ1v) is 16.8. The van der Waals surface area contributed by atoms with Crippen LogP contribution in [0.3, 0.4) is 0 Å². The van der Waals surface area contributed by atoms with Crippen molar-refractivity contribution in [1.82, 2.24) is 10.2 Å². The van der Waals surface area contributed by atoms with Gasteiger partial charge in [0.15, 0.2) is 0 Å². The number of hydrogen-bond donors (Lipinski definition) is 1. The molecule has 4 aromatic carbocycles. The van der Waals surface area contributed by atoms with Gasteiger partial charge in [-0.15, -0.1) is 0 Å². The van der Waals surface area contributed by atoms with E-state index in [2.05, 4.69) is 21.2 Å². The van der Waals surface area contributed by atoms with Gasteiger partial charge in [0.05, 0.1) is 10.6 Å². The van der Waals surface area contributed by atoms with Crippen LogP contribution in [-0.2, 0) is 32.6 Å². The Kier molecular flexibility index (Phi) is 11.2. The van der Waals surface area contributed by atoms with Crippen molar-refractivity contribution in [2.75, 3.05) is 17.4 Å². The van der Waals surface area contributed by atoms with Crippen molar-refractivity contribution in [1.29, 1.82) is 0 Å². The quantitative estimate of drug-likeness (QED) is 0.179. The van der Waals surface area contributed by atoms with Crippen molar-refractivity contribution in [2.45, 2.75) is 44.7 Å². The van der Waals surface area contributed by atoms with Gasteiger partial charge in [0.25, 0.3) is 10.0 Å². The lowest BCUT2D eigenvalue weighted by atomic mass is 10.0. The van der Waals surface area contributed by atoms with E-state index in [0.717, 1.165) is 25.5 Å². The third-order valence-electron chi connectivity index (χ3n) is 7.20. The lowest BCUT2D eigenvalue weighted by molar-refractivity contribution is -0.140. The van der Waals surface area contributed by atoms with E-state index in [9.17, 15) is 18.0 Å². The number of halogens is 2. The van der Waals surface area contributed by atoms with Crippen LogP contribution in [0.4, 0.5) is 5.69 Å². The van der Waals surface area contributed by atoms with E-state index in [0.29, 0.717) is 22.8 Å². The highest BCUT2D eigenvalue weighted by atomic mass is 79.9. The number of anilines is 1. The minimum absolute atomic E-state index is 0.0503. The Balaban J connectivity index is 1.81. The Bertz CT molecular complexity index is 1700. The summed E-state index contributed by atoms with van der Waals surface area (Å²) in [7, 11) is -4.19. The highest BCUT2D eigenvalue weighted by molar-refractivity contribution is 9.10. The van der Waals surface area contributed by atoms with Gasteiger partial charge in [0.1, 0.15) is 12.6 Å². The van der Waals surface area contributed by atoms with Crippen molar-refractivity contribution in [3.8, 4) is 0 Å².